The highest BCUT2D eigenvalue weighted by atomic mass is 35.5. The lowest BCUT2D eigenvalue weighted by molar-refractivity contribution is 0.0480. The van der Waals surface area contributed by atoms with Crippen LogP contribution >= 0.6 is 22.9 Å². The minimum absolute atomic E-state index is 0.155. The van der Waals surface area contributed by atoms with Crippen LogP contribution in [0.25, 0.3) is 10.1 Å². The second-order valence-corrected chi connectivity index (χ2v) is 7.24. The molecule has 1 aromatic heterocycles. The lowest BCUT2D eigenvalue weighted by Gasteiger charge is -2.05. The molecule has 0 amide bonds. The monoisotopic (exact) mass is 390 g/mol. The zero-order chi connectivity index (χ0) is 18.3. The second kappa shape index (κ2) is 6.70. The van der Waals surface area contributed by atoms with Crippen LogP contribution in [0.15, 0.2) is 36.4 Å². The SMILES string of the molecule is O=C(COC(=O)c1sc2cc(F)ccc2c1Cl)c1ccc2c(c1)CCO2. The smallest absolute Gasteiger partial charge is 0.350 e. The molecule has 2 aromatic carbocycles. The molecular formula is C19H12ClFO4S. The number of fused-ring (bicyclic) bond motifs is 2. The fourth-order valence-electron chi connectivity index (χ4n) is 2.81. The van der Waals surface area contributed by atoms with Gasteiger partial charge in [0.2, 0.25) is 0 Å². The van der Waals surface area contributed by atoms with Gasteiger partial charge in [0, 0.05) is 22.1 Å². The summed E-state index contributed by atoms with van der Waals surface area (Å²) in [5.41, 5.74) is 1.43. The summed E-state index contributed by atoms with van der Waals surface area (Å²) >= 11 is 7.22. The molecule has 3 aromatic rings. The Balaban J connectivity index is 1.48. The third-order valence-electron chi connectivity index (χ3n) is 4.12. The van der Waals surface area contributed by atoms with Crippen molar-refractivity contribution in [3.8, 4) is 5.75 Å². The Bertz CT molecular complexity index is 1040. The molecule has 1 aliphatic rings. The highest BCUT2D eigenvalue weighted by Crippen LogP contribution is 2.36. The lowest BCUT2D eigenvalue weighted by Crippen LogP contribution is -2.14. The Morgan fingerprint density at radius 3 is 2.92 bits per heavy atom. The zero-order valence-electron chi connectivity index (χ0n) is 13.4. The second-order valence-electron chi connectivity index (χ2n) is 5.81. The summed E-state index contributed by atoms with van der Waals surface area (Å²) in [7, 11) is 0. The molecule has 0 atom stereocenters. The molecule has 7 heteroatoms. The molecule has 2 heterocycles. The summed E-state index contributed by atoms with van der Waals surface area (Å²) in [5.74, 6) is -0.639. The number of carbonyl (C=O) groups is 2. The quantitative estimate of drug-likeness (QED) is 0.480. The van der Waals surface area contributed by atoms with E-state index >= 15 is 0 Å². The number of thiophene rings is 1. The number of hydrogen-bond donors (Lipinski definition) is 0. The summed E-state index contributed by atoms with van der Waals surface area (Å²) in [4.78, 5) is 24.7. The first-order valence-corrected chi connectivity index (χ1v) is 9.06. The first-order valence-electron chi connectivity index (χ1n) is 7.86. The predicted molar refractivity (Wildman–Crippen MR) is 97.0 cm³/mol. The van der Waals surface area contributed by atoms with E-state index in [1.807, 2.05) is 0 Å². The van der Waals surface area contributed by atoms with Crippen LogP contribution < -0.4 is 4.74 Å². The molecule has 0 saturated carbocycles. The van der Waals surface area contributed by atoms with Gasteiger partial charge in [0.25, 0.3) is 0 Å². The number of benzene rings is 2. The molecule has 26 heavy (non-hydrogen) atoms. The maximum atomic E-state index is 13.3. The Morgan fingerprint density at radius 1 is 1.23 bits per heavy atom. The third-order valence-corrected chi connectivity index (χ3v) is 5.76. The van der Waals surface area contributed by atoms with E-state index in [1.165, 1.54) is 18.2 Å². The van der Waals surface area contributed by atoms with Crippen molar-refractivity contribution in [2.24, 2.45) is 0 Å². The summed E-state index contributed by atoms with van der Waals surface area (Å²) in [6.07, 6.45) is 0.754. The fourth-order valence-corrected chi connectivity index (χ4v) is 4.24. The molecule has 0 unspecified atom stereocenters. The standard InChI is InChI=1S/C19H12ClFO4S/c20-17-13-3-2-12(21)8-16(13)26-18(17)19(23)25-9-14(22)10-1-4-15-11(7-10)5-6-24-15/h1-4,7-8H,5-6,9H2. The number of hydrogen-bond acceptors (Lipinski definition) is 5. The van der Waals surface area contributed by atoms with Crippen molar-refractivity contribution in [2.45, 2.75) is 6.42 Å². The third kappa shape index (κ3) is 3.06. The Hall–Kier alpha value is -2.44. The van der Waals surface area contributed by atoms with Crippen molar-refractivity contribution in [3.05, 3.63) is 63.2 Å². The maximum Gasteiger partial charge on any atom is 0.350 e. The van der Waals surface area contributed by atoms with Crippen molar-refractivity contribution in [2.75, 3.05) is 13.2 Å². The van der Waals surface area contributed by atoms with Crippen LogP contribution in [-0.4, -0.2) is 25.0 Å². The van der Waals surface area contributed by atoms with E-state index in [0.717, 1.165) is 29.1 Å². The number of halogens is 2. The molecule has 0 N–H and O–H groups in total. The first kappa shape index (κ1) is 17.0. The van der Waals surface area contributed by atoms with Crippen molar-refractivity contribution < 1.29 is 23.5 Å². The molecule has 0 spiro atoms. The minimum atomic E-state index is -0.700. The Kier molecular flexibility index (Phi) is 4.38. The van der Waals surface area contributed by atoms with E-state index in [1.54, 1.807) is 18.2 Å². The molecule has 0 bridgehead atoms. The molecule has 0 aliphatic carbocycles. The minimum Gasteiger partial charge on any atom is -0.493 e. The molecule has 0 fully saturated rings. The van der Waals surface area contributed by atoms with Crippen LogP contribution in [0.3, 0.4) is 0 Å². The van der Waals surface area contributed by atoms with Crippen LogP contribution in [0.2, 0.25) is 5.02 Å². The van der Waals surface area contributed by atoms with Gasteiger partial charge < -0.3 is 9.47 Å². The molecular weight excluding hydrogens is 379 g/mol. The summed E-state index contributed by atoms with van der Waals surface area (Å²) in [5, 5.41) is 0.784. The van der Waals surface area contributed by atoms with Crippen LogP contribution in [0.4, 0.5) is 4.39 Å². The van der Waals surface area contributed by atoms with E-state index in [9.17, 15) is 14.0 Å². The average molecular weight is 391 g/mol. The first-order chi connectivity index (χ1) is 12.5. The van der Waals surface area contributed by atoms with Gasteiger partial charge in [-0.05, 0) is 42.0 Å². The van der Waals surface area contributed by atoms with Gasteiger partial charge >= 0.3 is 5.97 Å². The number of esters is 1. The van der Waals surface area contributed by atoms with E-state index in [-0.39, 0.29) is 15.7 Å². The number of carbonyl (C=O) groups excluding carboxylic acids is 2. The maximum absolute atomic E-state index is 13.3. The number of Topliss-reactive ketones (excluding diaryl/α,β-unsaturated/α-hetero) is 1. The van der Waals surface area contributed by atoms with Crippen molar-refractivity contribution in [3.63, 3.8) is 0 Å². The largest absolute Gasteiger partial charge is 0.493 e. The van der Waals surface area contributed by atoms with Gasteiger partial charge in [-0.25, -0.2) is 9.18 Å². The lowest BCUT2D eigenvalue weighted by atomic mass is 10.1. The van der Waals surface area contributed by atoms with E-state index in [2.05, 4.69) is 0 Å². The van der Waals surface area contributed by atoms with Gasteiger partial charge in [-0.15, -0.1) is 11.3 Å². The molecule has 0 saturated heterocycles. The normalized spacial score (nSPS) is 12.7. The van der Waals surface area contributed by atoms with Crippen LogP contribution in [0, 0.1) is 5.82 Å². The molecule has 4 nitrogen and oxygen atoms in total. The van der Waals surface area contributed by atoms with Gasteiger partial charge in [0.15, 0.2) is 12.4 Å². The van der Waals surface area contributed by atoms with Gasteiger partial charge in [0.05, 0.1) is 11.6 Å². The van der Waals surface area contributed by atoms with E-state index < -0.39 is 18.4 Å². The summed E-state index contributed by atoms with van der Waals surface area (Å²) in [6.45, 7) is 0.213. The molecule has 4 rings (SSSR count). The highest BCUT2D eigenvalue weighted by molar-refractivity contribution is 7.21. The van der Waals surface area contributed by atoms with Crippen LogP contribution in [0.1, 0.15) is 25.6 Å². The van der Waals surface area contributed by atoms with Crippen molar-refractivity contribution in [1.29, 1.82) is 0 Å². The predicted octanol–water partition coefficient (Wildman–Crippen LogP) is 4.67. The van der Waals surface area contributed by atoms with Gasteiger partial charge in [0.1, 0.15) is 16.4 Å². The Morgan fingerprint density at radius 2 is 2.08 bits per heavy atom. The summed E-state index contributed by atoms with van der Waals surface area (Å²) in [6, 6.07) is 9.24. The highest BCUT2D eigenvalue weighted by Gasteiger charge is 2.21. The molecule has 132 valence electrons. The number of ether oxygens (including phenoxy) is 2. The topological polar surface area (TPSA) is 52.6 Å². The van der Waals surface area contributed by atoms with Crippen molar-refractivity contribution >= 4 is 44.8 Å². The van der Waals surface area contributed by atoms with Crippen LogP contribution in [0.5, 0.6) is 5.75 Å². The average Bonchev–Trinajstić information content (AvgIpc) is 3.23. The summed E-state index contributed by atoms with van der Waals surface area (Å²) < 4.78 is 24.4. The molecule has 1 aliphatic heterocycles. The van der Waals surface area contributed by atoms with Gasteiger partial charge in [-0.3, -0.25) is 4.79 Å². The van der Waals surface area contributed by atoms with E-state index in [0.29, 0.717) is 22.3 Å². The zero-order valence-corrected chi connectivity index (χ0v) is 15.0. The fraction of sp³-hybridized carbons (Fsp3) is 0.158. The van der Waals surface area contributed by atoms with E-state index in [4.69, 9.17) is 21.1 Å². The van der Waals surface area contributed by atoms with Crippen LogP contribution in [-0.2, 0) is 11.2 Å². The number of ketones is 1. The van der Waals surface area contributed by atoms with Crippen molar-refractivity contribution in [1.82, 2.24) is 0 Å². The van der Waals surface area contributed by atoms with Gasteiger partial charge in [-0.1, -0.05) is 11.6 Å². The number of rotatable bonds is 4. The molecule has 0 radical (unpaired) electrons. The van der Waals surface area contributed by atoms with Gasteiger partial charge in [-0.2, -0.15) is 0 Å². The Labute approximate surface area is 157 Å².